The number of amides is 2. The van der Waals surface area contributed by atoms with Crippen molar-refractivity contribution >= 4 is 17.8 Å². The lowest BCUT2D eigenvalue weighted by atomic mass is 9.77. The molecule has 0 bridgehead atoms. The molecule has 0 saturated carbocycles. The van der Waals surface area contributed by atoms with E-state index in [9.17, 15) is 19.5 Å². The summed E-state index contributed by atoms with van der Waals surface area (Å²) in [4.78, 5) is 40.2. The van der Waals surface area contributed by atoms with Crippen molar-refractivity contribution in [2.45, 2.75) is 84.0 Å². The van der Waals surface area contributed by atoms with E-state index in [-0.39, 0.29) is 30.1 Å². The summed E-state index contributed by atoms with van der Waals surface area (Å²) in [6.07, 6.45) is -0.135. The number of aliphatic carboxylic acids is 1. The Morgan fingerprint density at radius 2 is 1.69 bits per heavy atom. The lowest BCUT2D eigenvalue weighted by Gasteiger charge is -2.40. The number of rotatable bonds is 14. The molecule has 1 aromatic rings. The van der Waals surface area contributed by atoms with E-state index in [1.54, 1.807) is 19.0 Å². The summed E-state index contributed by atoms with van der Waals surface area (Å²) in [5.41, 5.74) is 0.478. The molecule has 0 spiro atoms. The van der Waals surface area contributed by atoms with Gasteiger partial charge in [-0.15, -0.1) is 0 Å². The molecule has 0 radical (unpaired) electrons. The first kappa shape index (κ1) is 30.6. The van der Waals surface area contributed by atoms with Gasteiger partial charge < -0.3 is 25.4 Å². The third-order valence-electron chi connectivity index (χ3n) is 7.10. The van der Waals surface area contributed by atoms with Gasteiger partial charge in [0.15, 0.2) is 0 Å². The van der Waals surface area contributed by atoms with Crippen molar-refractivity contribution in [3.8, 4) is 0 Å². The van der Waals surface area contributed by atoms with Gasteiger partial charge in [0.25, 0.3) is 0 Å². The minimum Gasteiger partial charge on any atom is -0.481 e. The molecule has 35 heavy (non-hydrogen) atoms. The van der Waals surface area contributed by atoms with Gasteiger partial charge in [-0.2, -0.15) is 0 Å². The van der Waals surface area contributed by atoms with Crippen molar-refractivity contribution in [1.82, 2.24) is 15.5 Å². The van der Waals surface area contributed by atoms with E-state index in [0.717, 1.165) is 12.0 Å². The fourth-order valence-corrected chi connectivity index (χ4v) is 4.73. The quantitative estimate of drug-likeness (QED) is 0.369. The topological polar surface area (TPSA) is 108 Å². The van der Waals surface area contributed by atoms with Crippen LogP contribution in [0, 0.1) is 11.8 Å². The third kappa shape index (κ3) is 7.77. The number of hydrogen-bond acceptors (Lipinski definition) is 5. The van der Waals surface area contributed by atoms with Gasteiger partial charge in [0.2, 0.25) is 11.8 Å². The average Bonchev–Trinajstić information content (AvgIpc) is 2.81. The number of nitrogens with one attached hydrogen (secondary N) is 2. The van der Waals surface area contributed by atoms with E-state index in [0.29, 0.717) is 0 Å². The number of benzene rings is 1. The maximum Gasteiger partial charge on any atom is 0.306 e. The van der Waals surface area contributed by atoms with Crippen molar-refractivity contribution in [3.63, 3.8) is 0 Å². The van der Waals surface area contributed by atoms with Crippen LogP contribution in [-0.4, -0.2) is 73.2 Å². The molecule has 0 aliphatic heterocycles. The first-order chi connectivity index (χ1) is 16.3. The average molecular weight is 492 g/mol. The van der Waals surface area contributed by atoms with Crippen LogP contribution >= 0.6 is 0 Å². The van der Waals surface area contributed by atoms with Crippen LogP contribution in [0.1, 0.15) is 59.9 Å². The fourth-order valence-electron chi connectivity index (χ4n) is 4.73. The fraction of sp³-hybridized carbons (Fsp3) is 0.667. The highest BCUT2D eigenvalue weighted by atomic mass is 16.5. The maximum absolute atomic E-state index is 13.7. The normalized spacial score (nSPS) is 16.2. The van der Waals surface area contributed by atoms with Crippen molar-refractivity contribution in [2.24, 2.45) is 11.8 Å². The van der Waals surface area contributed by atoms with Gasteiger partial charge >= 0.3 is 5.97 Å². The largest absolute Gasteiger partial charge is 0.481 e. The standard InChI is InChI=1S/C27H45N3O5/c1-10-18(4)23(20(35-9)16-21(31)32)30(8)26(34)22(17(2)3)29-25(33)24(28-7)27(5,6)19-14-12-11-13-15-19/h11-15,17-18,20,22-24,28H,10,16H2,1-9H3,(H,29,33)(H,31,32)/t18-,20+,22-,23-,24+/m0/s1. The van der Waals surface area contributed by atoms with E-state index in [1.165, 1.54) is 7.11 Å². The highest BCUT2D eigenvalue weighted by molar-refractivity contribution is 5.91. The lowest BCUT2D eigenvalue weighted by Crippen LogP contribution is -2.61. The number of carbonyl (C=O) groups is 3. The molecular formula is C27H45N3O5. The van der Waals surface area contributed by atoms with Gasteiger partial charge in [-0.1, -0.05) is 78.3 Å². The van der Waals surface area contributed by atoms with Crippen molar-refractivity contribution in [3.05, 3.63) is 35.9 Å². The Morgan fingerprint density at radius 3 is 2.11 bits per heavy atom. The molecule has 0 unspecified atom stereocenters. The molecular weight excluding hydrogens is 446 g/mol. The summed E-state index contributed by atoms with van der Waals surface area (Å²) in [6, 6.07) is 7.99. The lowest BCUT2D eigenvalue weighted by molar-refractivity contribution is -0.148. The van der Waals surface area contributed by atoms with Crippen LogP contribution in [0.3, 0.4) is 0 Å². The predicted molar refractivity (Wildman–Crippen MR) is 138 cm³/mol. The minimum absolute atomic E-state index is 0.00108. The summed E-state index contributed by atoms with van der Waals surface area (Å²) in [5, 5.41) is 15.5. The number of hydrogen-bond donors (Lipinski definition) is 3. The number of methoxy groups -OCH3 is 1. The van der Waals surface area contributed by atoms with Crippen LogP contribution in [-0.2, 0) is 24.5 Å². The van der Waals surface area contributed by atoms with E-state index in [2.05, 4.69) is 10.6 Å². The summed E-state index contributed by atoms with van der Waals surface area (Å²) in [7, 11) is 4.87. The minimum atomic E-state index is -0.986. The highest BCUT2D eigenvalue weighted by Gasteiger charge is 2.40. The molecule has 2 amide bonds. The maximum atomic E-state index is 13.7. The number of carboxylic acid groups (broad SMARTS) is 1. The van der Waals surface area contributed by atoms with Crippen LogP contribution in [0.25, 0.3) is 0 Å². The molecule has 1 aromatic carbocycles. The number of carboxylic acids is 1. The zero-order chi connectivity index (χ0) is 26.9. The molecule has 5 atom stereocenters. The summed E-state index contributed by atoms with van der Waals surface area (Å²) >= 11 is 0. The van der Waals surface area contributed by atoms with Gasteiger partial charge in [-0.25, -0.2) is 0 Å². The number of ether oxygens (including phenoxy) is 1. The van der Waals surface area contributed by atoms with E-state index >= 15 is 0 Å². The Morgan fingerprint density at radius 1 is 1.11 bits per heavy atom. The van der Waals surface area contributed by atoms with Gasteiger partial charge in [0.05, 0.1) is 24.6 Å². The van der Waals surface area contributed by atoms with Gasteiger partial charge in [-0.05, 0) is 24.4 Å². The molecule has 0 heterocycles. The number of nitrogens with zero attached hydrogens (tertiary/aromatic N) is 1. The van der Waals surface area contributed by atoms with E-state index < -0.39 is 35.6 Å². The monoisotopic (exact) mass is 491 g/mol. The van der Waals surface area contributed by atoms with Crippen LogP contribution in [0.2, 0.25) is 0 Å². The molecule has 1 rings (SSSR count). The predicted octanol–water partition coefficient (Wildman–Crippen LogP) is 3.06. The second-order valence-electron chi connectivity index (χ2n) is 10.2. The second-order valence-corrected chi connectivity index (χ2v) is 10.2. The summed E-state index contributed by atoms with van der Waals surface area (Å²) in [6.45, 7) is 11.7. The van der Waals surface area contributed by atoms with Gasteiger partial charge in [0.1, 0.15) is 6.04 Å². The smallest absolute Gasteiger partial charge is 0.306 e. The molecule has 0 fully saturated rings. The number of likely N-dealkylation sites (N-methyl/N-ethyl adjacent to an activating group) is 2. The summed E-state index contributed by atoms with van der Waals surface area (Å²) < 4.78 is 5.52. The Labute approximate surface area is 210 Å². The highest BCUT2D eigenvalue weighted by Crippen LogP contribution is 2.28. The molecule has 0 saturated heterocycles. The van der Waals surface area contributed by atoms with E-state index in [1.807, 2.05) is 71.9 Å². The third-order valence-corrected chi connectivity index (χ3v) is 7.10. The first-order valence-corrected chi connectivity index (χ1v) is 12.4. The molecule has 8 nitrogen and oxygen atoms in total. The zero-order valence-corrected chi connectivity index (χ0v) is 22.8. The van der Waals surface area contributed by atoms with Crippen LogP contribution in [0.4, 0.5) is 0 Å². The molecule has 0 aromatic heterocycles. The Balaban J connectivity index is 3.23. The summed E-state index contributed by atoms with van der Waals surface area (Å²) in [5.74, 6) is -1.70. The molecule has 3 N–H and O–H groups in total. The van der Waals surface area contributed by atoms with Crippen LogP contribution in [0.15, 0.2) is 30.3 Å². The molecule has 198 valence electrons. The molecule has 8 heteroatoms. The van der Waals surface area contributed by atoms with Crippen LogP contribution < -0.4 is 10.6 Å². The molecule has 0 aliphatic carbocycles. The SMILES string of the molecule is CC[C@H](C)[C@@H]([C@@H](CC(=O)O)OC)N(C)C(=O)[C@@H](NC(=O)[C@@H](NC)C(C)(C)c1ccccc1)C(C)C. The Bertz CT molecular complexity index is 827. The van der Waals surface area contributed by atoms with Crippen molar-refractivity contribution in [2.75, 3.05) is 21.2 Å². The second kappa shape index (κ2) is 13.6. The van der Waals surface area contributed by atoms with Crippen molar-refractivity contribution < 1.29 is 24.2 Å². The Hall–Kier alpha value is -2.45. The van der Waals surface area contributed by atoms with Gasteiger partial charge in [-0.3, -0.25) is 14.4 Å². The Kier molecular flexibility index (Phi) is 11.9. The van der Waals surface area contributed by atoms with Crippen molar-refractivity contribution in [1.29, 1.82) is 0 Å². The van der Waals surface area contributed by atoms with Crippen LogP contribution in [0.5, 0.6) is 0 Å². The zero-order valence-electron chi connectivity index (χ0n) is 22.8. The van der Waals surface area contributed by atoms with E-state index in [4.69, 9.17) is 4.74 Å². The molecule has 0 aliphatic rings. The van der Waals surface area contributed by atoms with Gasteiger partial charge in [0, 0.05) is 19.6 Å². The number of carbonyl (C=O) groups excluding carboxylic acids is 2. The first-order valence-electron chi connectivity index (χ1n) is 12.4.